The van der Waals surface area contributed by atoms with Crippen molar-refractivity contribution in [2.45, 2.75) is 69.4 Å². The van der Waals surface area contributed by atoms with E-state index in [9.17, 15) is 5.11 Å². The van der Waals surface area contributed by atoms with Gasteiger partial charge in [0.15, 0.2) is 0 Å². The van der Waals surface area contributed by atoms with Crippen molar-refractivity contribution in [1.82, 2.24) is 5.32 Å². The fourth-order valence-electron chi connectivity index (χ4n) is 3.53. The predicted octanol–water partition coefficient (Wildman–Crippen LogP) is 2.48. The minimum absolute atomic E-state index is 0.0878. The Labute approximate surface area is 111 Å². The number of likely N-dealkylation sites (N-methyl/N-ethyl adjacent to an activating group) is 1. The van der Waals surface area contributed by atoms with Gasteiger partial charge >= 0.3 is 0 Å². The van der Waals surface area contributed by atoms with E-state index in [-0.39, 0.29) is 12.1 Å². The number of rotatable bonds is 5. The van der Waals surface area contributed by atoms with E-state index in [1.165, 1.54) is 32.1 Å². The molecule has 0 spiro atoms. The fourth-order valence-corrected chi connectivity index (χ4v) is 3.53. The number of aliphatic hydroxyl groups is 1. The van der Waals surface area contributed by atoms with Crippen LogP contribution in [-0.4, -0.2) is 37.0 Å². The highest BCUT2D eigenvalue weighted by Crippen LogP contribution is 2.31. The van der Waals surface area contributed by atoms with E-state index in [0.717, 1.165) is 38.2 Å². The van der Waals surface area contributed by atoms with Gasteiger partial charge in [0.25, 0.3) is 0 Å². The molecule has 0 aromatic heterocycles. The van der Waals surface area contributed by atoms with Crippen LogP contribution in [0.3, 0.4) is 0 Å². The smallest absolute Gasteiger partial charge is 0.0614 e. The van der Waals surface area contributed by atoms with Crippen molar-refractivity contribution in [2.75, 3.05) is 20.3 Å². The first-order valence-corrected chi connectivity index (χ1v) is 7.69. The summed E-state index contributed by atoms with van der Waals surface area (Å²) >= 11 is 0. The molecule has 3 nitrogen and oxygen atoms in total. The Bertz CT molecular complexity index is 235. The molecule has 2 aliphatic carbocycles. The molecule has 2 aliphatic rings. The number of hydrogen-bond donors (Lipinski definition) is 2. The average Bonchev–Trinajstić information content (AvgIpc) is 2.46. The normalized spacial score (nSPS) is 34.7. The summed E-state index contributed by atoms with van der Waals surface area (Å²) in [5.74, 6) is 0.791. The summed E-state index contributed by atoms with van der Waals surface area (Å²) in [6.07, 6.45) is 11.6. The Morgan fingerprint density at radius 3 is 2.61 bits per heavy atom. The molecule has 2 unspecified atom stereocenters. The fraction of sp³-hybridized carbons (Fsp3) is 1.00. The van der Waals surface area contributed by atoms with Gasteiger partial charge in [-0.3, -0.25) is 0 Å². The van der Waals surface area contributed by atoms with Crippen LogP contribution in [0.4, 0.5) is 0 Å². The van der Waals surface area contributed by atoms with Crippen molar-refractivity contribution in [3.63, 3.8) is 0 Å². The van der Waals surface area contributed by atoms with Gasteiger partial charge in [0.05, 0.1) is 12.7 Å². The average molecular weight is 255 g/mol. The largest absolute Gasteiger partial charge is 0.394 e. The highest BCUT2D eigenvalue weighted by Gasteiger charge is 2.35. The van der Waals surface area contributed by atoms with Crippen LogP contribution in [0, 0.1) is 5.92 Å². The summed E-state index contributed by atoms with van der Waals surface area (Å²) in [6.45, 7) is 1.17. The molecule has 0 heterocycles. The minimum Gasteiger partial charge on any atom is -0.394 e. The maximum absolute atomic E-state index is 9.56. The van der Waals surface area contributed by atoms with Gasteiger partial charge in [-0.2, -0.15) is 0 Å². The topological polar surface area (TPSA) is 41.5 Å². The lowest BCUT2D eigenvalue weighted by molar-refractivity contribution is -0.0312. The summed E-state index contributed by atoms with van der Waals surface area (Å²) < 4.78 is 6.13. The monoisotopic (exact) mass is 255 g/mol. The zero-order valence-corrected chi connectivity index (χ0v) is 11.8. The molecule has 2 atom stereocenters. The first-order chi connectivity index (χ1) is 8.78. The summed E-state index contributed by atoms with van der Waals surface area (Å²) in [6, 6.07) is 0. The highest BCUT2D eigenvalue weighted by atomic mass is 16.5. The summed E-state index contributed by atoms with van der Waals surface area (Å²) in [4.78, 5) is 0. The van der Waals surface area contributed by atoms with Gasteiger partial charge in [-0.1, -0.05) is 19.3 Å². The Balaban J connectivity index is 1.75. The zero-order valence-electron chi connectivity index (χ0n) is 11.8. The Hall–Kier alpha value is -0.120. The summed E-state index contributed by atoms with van der Waals surface area (Å²) in [5.41, 5.74) is -0.0878. The minimum atomic E-state index is -0.0878. The van der Waals surface area contributed by atoms with Gasteiger partial charge in [-0.15, -0.1) is 0 Å². The molecule has 2 fully saturated rings. The van der Waals surface area contributed by atoms with E-state index in [0.29, 0.717) is 6.10 Å². The molecule has 106 valence electrons. The van der Waals surface area contributed by atoms with Crippen LogP contribution >= 0.6 is 0 Å². The van der Waals surface area contributed by atoms with Crippen molar-refractivity contribution < 1.29 is 9.84 Å². The van der Waals surface area contributed by atoms with E-state index in [1.807, 2.05) is 7.05 Å². The van der Waals surface area contributed by atoms with E-state index < -0.39 is 0 Å². The van der Waals surface area contributed by atoms with Crippen molar-refractivity contribution in [3.8, 4) is 0 Å². The standard InChI is InChI=1S/C15H29NO2/c1-16-15(12-17)9-5-8-14(10-15)18-11-13-6-3-2-4-7-13/h13-14,16-17H,2-12H2,1H3. The Morgan fingerprint density at radius 2 is 1.94 bits per heavy atom. The molecule has 2 saturated carbocycles. The molecule has 0 aromatic carbocycles. The third kappa shape index (κ3) is 3.69. The molecule has 0 aromatic rings. The SMILES string of the molecule is CNC1(CO)CCCC(OCC2CCCCC2)C1. The second kappa shape index (κ2) is 6.88. The second-order valence-electron chi connectivity index (χ2n) is 6.24. The molecular formula is C15H29NO2. The molecule has 2 rings (SSSR count). The lowest BCUT2D eigenvalue weighted by Gasteiger charge is -2.40. The highest BCUT2D eigenvalue weighted by molar-refractivity contribution is 4.93. The van der Waals surface area contributed by atoms with Crippen LogP contribution in [0.25, 0.3) is 0 Å². The van der Waals surface area contributed by atoms with Crippen molar-refractivity contribution in [3.05, 3.63) is 0 Å². The van der Waals surface area contributed by atoms with Crippen molar-refractivity contribution >= 4 is 0 Å². The maximum atomic E-state index is 9.56. The Morgan fingerprint density at radius 1 is 1.17 bits per heavy atom. The first kappa shape index (κ1) is 14.3. The van der Waals surface area contributed by atoms with Gasteiger partial charge in [-0.25, -0.2) is 0 Å². The van der Waals surface area contributed by atoms with Gasteiger partial charge in [0.1, 0.15) is 0 Å². The lowest BCUT2D eigenvalue weighted by Crippen LogP contribution is -2.51. The molecule has 0 bridgehead atoms. The van der Waals surface area contributed by atoms with Crippen LogP contribution in [0.1, 0.15) is 57.8 Å². The molecule has 0 amide bonds. The van der Waals surface area contributed by atoms with E-state index in [2.05, 4.69) is 5.32 Å². The van der Waals surface area contributed by atoms with Gasteiger partial charge in [0, 0.05) is 12.1 Å². The maximum Gasteiger partial charge on any atom is 0.0614 e. The molecule has 0 radical (unpaired) electrons. The third-order valence-electron chi connectivity index (χ3n) is 4.93. The zero-order chi connectivity index (χ0) is 12.8. The number of hydrogen-bond acceptors (Lipinski definition) is 3. The summed E-state index contributed by atoms with van der Waals surface area (Å²) in [7, 11) is 1.96. The summed E-state index contributed by atoms with van der Waals surface area (Å²) in [5, 5.41) is 12.9. The van der Waals surface area contributed by atoms with Crippen LogP contribution in [0.15, 0.2) is 0 Å². The quantitative estimate of drug-likeness (QED) is 0.793. The molecule has 0 aliphatic heterocycles. The second-order valence-corrected chi connectivity index (χ2v) is 6.24. The molecular weight excluding hydrogens is 226 g/mol. The number of aliphatic hydroxyl groups excluding tert-OH is 1. The van der Waals surface area contributed by atoms with E-state index >= 15 is 0 Å². The van der Waals surface area contributed by atoms with E-state index in [4.69, 9.17) is 4.74 Å². The van der Waals surface area contributed by atoms with Gasteiger partial charge in [0.2, 0.25) is 0 Å². The van der Waals surface area contributed by atoms with Gasteiger partial charge < -0.3 is 15.2 Å². The van der Waals surface area contributed by atoms with Crippen LogP contribution in [0.2, 0.25) is 0 Å². The van der Waals surface area contributed by atoms with Crippen LogP contribution in [0.5, 0.6) is 0 Å². The van der Waals surface area contributed by atoms with Crippen molar-refractivity contribution in [1.29, 1.82) is 0 Å². The van der Waals surface area contributed by atoms with Crippen LogP contribution in [-0.2, 0) is 4.74 Å². The lowest BCUT2D eigenvalue weighted by atomic mass is 9.80. The van der Waals surface area contributed by atoms with Crippen molar-refractivity contribution in [2.24, 2.45) is 5.92 Å². The first-order valence-electron chi connectivity index (χ1n) is 7.69. The molecule has 18 heavy (non-hydrogen) atoms. The number of nitrogens with one attached hydrogen (secondary N) is 1. The van der Waals surface area contributed by atoms with Crippen LogP contribution < -0.4 is 5.32 Å². The van der Waals surface area contributed by atoms with E-state index in [1.54, 1.807) is 0 Å². The molecule has 3 heteroatoms. The third-order valence-corrected chi connectivity index (χ3v) is 4.93. The number of ether oxygens (including phenoxy) is 1. The molecule has 0 saturated heterocycles. The molecule has 2 N–H and O–H groups in total. The van der Waals surface area contributed by atoms with Gasteiger partial charge in [-0.05, 0) is 51.5 Å². The Kier molecular flexibility index (Phi) is 5.46. The predicted molar refractivity (Wildman–Crippen MR) is 73.7 cm³/mol.